The number of rotatable bonds is 6. The SMILES string of the molecule is CCOc1nc(Cl)nc(NCCc2ccccc2F)n1. The molecule has 2 aromatic rings. The van der Waals surface area contributed by atoms with E-state index in [0.29, 0.717) is 31.1 Å². The number of hydrogen-bond donors (Lipinski definition) is 1. The summed E-state index contributed by atoms with van der Waals surface area (Å²) in [5.41, 5.74) is 0.630. The Morgan fingerprint density at radius 3 is 2.80 bits per heavy atom. The van der Waals surface area contributed by atoms with E-state index in [4.69, 9.17) is 16.3 Å². The first-order chi connectivity index (χ1) is 9.69. The van der Waals surface area contributed by atoms with Crippen LogP contribution in [0.5, 0.6) is 6.01 Å². The first kappa shape index (κ1) is 14.5. The molecule has 0 bridgehead atoms. The van der Waals surface area contributed by atoms with Gasteiger partial charge in [0.15, 0.2) is 0 Å². The van der Waals surface area contributed by atoms with Crippen LogP contribution in [0.25, 0.3) is 0 Å². The summed E-state index contributed by atoms with van der Waals surface area (Å²) in [5.74, 6) is 0.0859. The Balaban J connectivity index is 1.95. The van der Waals surface area contributed by atoms with Crippen molar-refractivity contribution in [1.29, 1.82) is 0 Å². The van der Waals surface area contributed by atoms with Crippen molar-refractivity contribution in [3.63, 3.8) is 0 Å². The predicted molar refractivity (Wildman–Crippen MR) is 74.6 cm³/mol. The molecule has 0 unspecified atom stereocenters. The smallest absolute Gasteiger partial charge is 0.322 e. The molecule has 0 aliphatic heterocycles. The summed E-state index contributed by atoms with van der Waals surface area (Å²) in [5, 5.41) is 3.02. The van der Waals surface area contributed by atoms with Gasteiger partial charge in [0.25, 0.3) is 0 Å². The third kappa shape index (κ3) is 4.03. The molecule has 1 heterocycles. The highest BCUT2D eigenvalue weighted by Crippen LogP contribution is 2.12. The van der Waals surface area contributed by atoms with Crippen LogP contribution in [0, 0.1) is 5.82 Å². The maximum atomic E-state index is 13.4. The fourth-order valence-corrected chi connectivity index (χ4v) is 1.77. The molecule has 5 nitrogen and oxygen atoms in total. The second kappa shape index (κ2) is 7.00. The molecular weight excluding hydrogens is 283 g/mol. The molecule has 2 rings (SSSR count). The lowest BCUT2D eigenvalue weighted by molar-refractivity contribution is 0.312. The number of halogens is 2. The molecule has 0 saturated carbocycles. The molecule has 1 aromatic carbocycles. The van der Waals surface area contributed by atoms with Crippen molar-refractivity contribution in [2.75, 3.05) is 18.5 Å². The molecule has 0 atom stereocenters. The van der Waals surface area contributed by atoms with Crippen LogP contribution in [0.4, 0.5) is 10.3 Å². The molecule has 0 aliphatic carbocycles. The summed E-state index contributed by atoms with van der Waals surface area (Å²) in [4.78, 5) is 11.8. The number of nitrogens with one attached hydrogen (secondary N) is 1. The Hall–Kier alpha value is -1.95. The summed E-state index contributed by atoms with van der Waals surface area (Å²) in [6.45, 7) is 2.74. The van der Waals surface area contributed by atoms with Crippen molar-refractivity contribution < 1.29 is 9.13 Å². The highest BCUT2D eigenvalue weighted by atomic mass is 35.5. The van der Waals surface area contributed by atoms with Crippen molar-refractivity contribution in [1.82, 2.24) is 15.0 Å². The summed E-state index contributed by atoms with van der Waals surface area (Å²) in [6, 6.07) is 6.80. The number of nitrogens with zero attached hydrogens (tertiary/aromatic N) is 3. The lowest BCUT2D eigenvalue weighted by Gasteiger charge is -2.07. The minimum absolute atomic E-state index is 0.0526. The Morgan fingerprint density at radius 1 is 1.25 bits per heavy atom. The van der Waals surface area contributed by atoms with Gasteiger partial charge in [-0.3, -0.25) is 0 Å². The van der Waals surface area contributed by atoms with Crippen molar-refractivity contribution in [2.45, 2.75) is 13.3 Å². The maximum Gasteiger partial charge on any atom is 0.322 e. The van der Waals surface area contributed by atoms with Gasteiger partial charge in [-0.05, 0) is 36.6 Å². The number of anilines is 1. The van der Waals surface area contributed by atoms with E-state index in [-0.39, 0.29) is 17.1 Å². The monoisotopic (exact) mass is 296 g/mol. The average Bonchev–Trinajstić information content (AvgIpc) is 2.41. The van der Waals surface area contributed by atoms with Crippen LogP contribution in [0.1, 0.15) is 12.5 Å². The van der Waals surface area contributed by atoms with E-state index in [1.165, 1.54) is 6.07 Å². The third-order valence-electron chi connectivity index (χ3n) is 2.50. The van der Waals surface area contributed by atoms with E-state index < -0.39 is 0 Å². The third-order valence-corrected chi connectivity index (χ3v) is 2.67. The largest absolute Gasteiger partial charge is 0.464 e. The summed E-state index contributed by atoms with van der Waals surface area (Å²) in [7, 11) is 0. The summed E-state index contributed by atoms with van der Waals surface area (Å²) < 4.78 is 18.6. The summed E-state index contributed by atoms with van der Waals surface area (Å²) >= 11 is 5.76. The van der Waals surface area contributed by atoms with Crippen LogP contribution in [0.15, 0.2) is 24.3 Å². The van der Waals surface area contributed by atoms with E-state index in [0.717, 1.165) is 0 Å². The zero-order valence-electron chi connectivity index (χ0n) is 10.9. The lowest BCUT2D eigenvalue weighted by atomic mass is 10.1. The van der Waals surface area contributed by atoms with E-state index in [9.17, 15) is 4.39 Å². The molecule has 0 saturated heterocycles. The van der Waals surface area contributed by atoms with Crippen molar-refractivity contribution in [2.24, 2.45) is 0 Å². The number of aromatic nitrogens is 3. The van der Waals surface area contributed by atoms with Crippen LogP contribution >= 0.6 is 11.6 Å². The van der Waals surface area contributed by atoms with Crippen molar-refractivity contribution >= 4 is 17.5 Å². The van der Waals surface area contributed by atoms with Crippen molar-refractivity contribution in [3.8, 4) is 6.01 Å². The van der Waals surface area contributed by atoms with Gasteiger partial charge >= 0.3 is 6.01 Å². The quantitative estimate of drug-likeness (QED) is 0.888. The van der Waals surface area contributed by atoms with Crippen LogP contribution in [0.3, 0.4) is 0 Å². The van der Waals surface area contributed by atoms with Crippen LogP contribution in [-0.4, -0.2) is 28.1 Å². The molecule has 0 fully saturated rings. The van der Waals surface area contributed by atoms with Gasteiger partial charge in [-0.1, -0.05) is 18.2 Å². The molecule has 0 radical (unpaired) electrons. The van der Waals surface area contributed by atoms with Gasteiger partial charge in [0.2, 0.25) is 11.2 Å². The zero-order valence-corrected chi connectivity index (χ0v) is 11.7. The second-order valence-electron chi connectivity index (χ2n) is 3.91. The second-order valence-corrected chi connectivity index (χ2v) is 4.25. The van der Waals surface area contributed by atoms with Crippen LogP contribution in [0.2, 0.25) is 5.28 Å². The molecule has 1 aromatic heterocycles. The maximum absolute atomic E-state index is 13.4. The minimum Gasteiger partial charge on any atom is -0.464 e. The number of benzene rings is 1. The Bertz CT molecular complexity index is 582. The van der Waals surface area contributed by atoms with E-state index in [1.54, 1.807) is 18.2 Å². The Morgan fingerprint density at radius 2 is 2.05 bits per heavy atom. The molecule has 0 aliphatic rings. The highest BCUT2D eigenvalue weighted by molar-refractivity contribution is 6.28. The molecule has 7 heteroatoms. The van der Waals surface area contributed by atoms with E-state index >= 15 is 0 Å². The number of hydrogen-bond acceptors (Lipinski definition) is 5. The van der Waals surface area contributed by atoms with E-state index in [2.05, 4.69) is 20.3 Å². The fourth-order valence-electron chi connectivity index (χ4n) is 1.61. The minimum atomic E-state index is -0.224. The average molecular weight is 297 g/mol. The molecule has 20 heavy (non-hydrogen) atoms. The van der Waals surface area contributed by atoms with Crippen molar-refractivity contribution in [3.05, 3.63) is 40.9 Å². The van der Waals surface area contributed by atoms with Crippen LogP contribution in [-0.2, 0) is 6.42 Å². The Kier molecular flexibility index (Phi) is 5.06. The normalized spacial score (nSPS) is 10.3. The van der Waals surface area contributed by atoms with Gasteiger partial charge in [0.1, 0.15) is 5.82 Å². The molecular formula is C13H14ClFN4O. The molecule has 0 amide bonds. The standard InChI is InChI=1S/C13H14ClFN4O/c1-2-20-13-18-11(14)17-12(19-13)16-8-7-9-5-3-4-6-10(9)15/h3-6H,2,7-8H2,1H3,(H,16,17,18,19). The molecule has 106 valence electrons. The van der Waals surface area contributed by atoms with Gasteiger partial charge in [-0.25, -0.2) is 4.39 Å². The van der Waals surface area contributed by atoms with Gasteiger partial charge in [-0.2, -0.15) is 15.0 Å². The topological polar surface area (TPSA) is 59.9 Å². The van der Waals surface area contributed by atoms with Crippen LogP contribution < -0.4 is 10.1 Å². The van der Waals surface area contributed by atoms with Gasteiger partial charge in [0.05, 0.1) is 6.61 Å². The first-order valence-electron chi connectivity index (χ1n) is 6.20. The first-order valence-corrected chi connectivity index (χ1v) is 6.58. The Labute approximate surface area is 121 Å². The molecule has 0 spiro atoms. The number of ether oxygens (including phenoxy) is 1. The van der Waals surface area contributed by atoms with E-state index in [1.807, 2.05) is 6.92 Å². The fraction of sp³-hybridized carbons (Fsp3) is 0.308. The molecule has 1 N–H and O–H groups in total. The van der Waals surface area contributed by atoms with Gasteiger partial charge < -0.3 is 10.1 Å². The summed E-state index contributed by atoms with van der Waals surface area (Å²) in [6.07, 6.45) is 0.514. The van der Waals surface area contributed by atoms with Gasteiger partial charge in [-0.15, -0.1) is 0 Å². The van der Waals surface area contributed by atoms with Gasteiger partial charge in [0, 0.05) is 6.54 Å². The zero-order chi connectivity index (χ0) is 14.4. The lowest BCUT2D eigenvalue weighted by Crippen LogP contribution is -2.10. The highest BCUT2D eigenvalue weighted by Gasteiger charge is 2.06. The predicted octanol–water partition coefficient (Wildman–Crippen LogP) is 2.72.